The van der Waals surface area contributed by atoms with Crippen LogP contribution in [0.25, 0.3) is 5.65 Å². The van der Waals surface area contributed by atoms with E-state index in [1.807, 2.05) is 26.0 Å². The molecule has 0 unspecified atom stereocenters. The van der Waals surface area contributed by atoms with E-state index in [-0.39, 0.29) is 10.6 Å². The van der Waals surface area contributed by atoms with Gasteiger partial charge in [-0.1, -0.05) is 6.07 Å². The molecule has 21 heavy (non-hydrogen) atoms. The first-order valence-electron chi connectivity index (χ1n) is 7.05. The maximum Gasteiger partial charge on any atom is 0.263 e. The number of sulfonamides is 1. The molecule has 1 aliphatic heterocycles. The largest absolute Gasteiger partial charge is 0.371 e. The van der Waals surface area contributed by atoms with E-state index in [2.05, 4.69) is 10.3 Å². The second kappa shape index (κ2) is 4.71. The lowest BCUT2D eigenvalue weighted by atomic mass is 10.0. The highest BCUT2D eigenvalue weighted by Gasteiger charge is 2.43. The van der Waals surface area contributed by atoms with Crippen LogP contribution in [0.4, 0.5) is 5.82 Å². The van der Waals surface area contributed by atoms with Gasteiger partial charge in [0, 0.05) is 25.3 Å². The molecule has 1 fully saturated rings. The summed E-state index contributed by atoms with van der Waals surface area (Å²) < 4.78 is 29.5. The molecule has 3 heterocycles. The summed E-state index contributed by atoms with van der Waals surface area (Å²) in [6.07, 6.45) is 3.49. The van der Waals surface area contributed by atoms with Crippen LogP contribution in [0.15, 0.2) is 29.4 Å². The highest BCUT2D eigenvalue weighted by molar-refractivity contribution is 7.89. The predicted molar refractivity (Wildman–Crippen MR) is 81.9 cm³/mol. The topological polar surface area (TPSA) is 66.7 Å². The van der Waals surface area contributed by atoms with E-state index in [0.717, 1.165) is 12.8 Å². The molecular weight excluding hydrogens is 288 g/mol. The third-order valence-electron chi connectivity index (χ3n) is 4.08. The van der Waals surface area contributed by atoms with Crippen molar-refractivity contribution < 1.29 is 8.42 Å². The van der Waals surface area contributed by atoms with Crippen LogP contribution in [0, 0.1) is 0 Å². The summed E-state index contributed by atoms with van der Waals surface area (Å²) in [5, 5.41) is 3.12. The molecule has 2 aromatic rings. The molecule has 0 bridgehead atoms. The number of nitrogens with zero attached hydrogens (tertiary/aromatic N) is 3. The highest BCUT2D eigenvalue weighted by Crippen LogP contribution is 2.36. The van der Waals surface area contributed by atoms with Gasteiger partial charge in [0.2, 0.25) is 0 Å². The summed E-state index contributed by atoms with van der Waals surface area (Å²) in [5.41, 5.74) is 0.264. The molecular formula is C14H20N4O2S. The van der Waals surface area contributed by atoms with Gasteiger partial charge in [-0.3, -0.25) is 4.40 Å². The zero-order valence-corrected chi connectivity index (χ0v) is 13.3. The predicted octanol–water partition coefficient (Wildman–Crippen LogP) is 1.94. The summed E-state index contributed by atoms with van der Waals surface area (Å²) in [7, 11) is -1.91. The quantitative estimate of drug-likeness (QED) is 0.941. The van der Waals surface area contributed by atoms with Gasteiger partial charge in [0.15, 0.2) is 10.8 Å². The maximum atomic E-state index is 13.1. The van der Waals surface area contributed by atoms with Crippen LogP contribution in [-0.4, -0.2) is 41.2 Å². The number of anilines is 1. The summed E-state index contributed by atoms with van der Waals surface area (Å²) in [6.45, 7) is 4.50. The van der Waals surface area contributed by atoms with Crippen molar-refractivity contribution >= 4 is 21.5 Å². The summed E-state index contributed by atoms with van der Waals surface area (Å²) >= 11 is 0. The van der Waals surface area contributed by atoms with Crippen molar-refractivity contribution in [3.8, 4) is 0 Å². The van der Waals surface area contributed by atoms with Crippen molar-refractivity contribution in [1.82, 2.24) is 13.7 Å². The third-order valence-corrected chi connectivity index (χ3v) is 6.22. The van der Waals surface area contributed by atoms with Crippen LogP contribution < -0.4 is 5.32 Å². The molecule has 0 saturated carbocycles. The fraction of sp³-hybridized carbons (Fsp3) is 0.500. The molecule has 6 nitrogen and oxygen atoms in total. The Labute approximate surface area is 124 Å². The molecule has 114 valence electrons. The van der Waals surface area contributed by atoms with Gasteiger partial charge >= 0.3 is 0 Å². The van der Waals surface area contributed by atoms with E-state index in [0.29, 0.717) is 18.0 Å². The average molecular weight is 308 g/mol. The number of pyridine rings is 1. The first-order valence-corrected chi connectivity index (χ1v) is 8.49. The monoisotopic (exact) mass is 308 g/mol. The van der Waals surface area contributed by atoms with Crippen molar-refractivity contribution in [1.29, 1.82) is 0 Å². The van der Waals surface area contributed by atoms with Crippen LogP contribution in [0.5, 0.6) is 0 Å². The van der Waals surface area contributed by atoms with Gasteiger partial charge in [-0.25, -0.2) is 13.4 Å². The first kappa shape index (κ1) is 14.3. The highest BCUT2D eigenvalue weighted by atomic mass is 32.2. The van der Waals surface area contributed by atoms with Crippen LogP contribution in [0.1, 0.15) is 26.7 Å². The number of aromatic nitrogens is 2. The average Bonchev–Trinajstić information content (AvgIpc) is 2.98. The van der Waals surface area contributed by atoms with Gasteiger partial charge in [-0.2, -0.15) is 4.31 Å². The molecule has 0 spiro atoms. The minimum Gasteiger partial charge on any atom is -0.371 e. The van der Waals surface area contributed by atoms with E-state index in [1.54, 1.807) is 28.0 Å². The lowest BCUT2D eigenvalue weighted by Gasteiger charge is -2.30. The van der Waals surface area contributed by atoms with Crippen molar-refractivity contribution in [3.63, 3.8) is 0 Å². The minimum absolute atomic E-state index is 0.218. The lowest BCUT2D eigenvalue weighted by molar-refractivity contribution is 0.291. The molecule has 0 atom stereocenters. The van der Waals surface area contributed by atoms with Gasteiger partial charge in [0.1, 0.15) is 5.65 Å². The number of hydrogen-bond acceptors (Lipinski definition) is 4. The minimum atomic E-state index is -3.60. The Morgan fingerprint density at radius 2 is 2.10 bits per heavy atom. The van der Waals surface area contributed by atoms with Gasteiger partial charge in [0.05, 0.1) is 0 Å². The molecule has 1 saturated heterocycles. The van der Waals surface area contributed by atoms with E-state index >= 15 is 0 Å². The van der Waals surface area contributed by atoms with Gasteiger partial charge < -0.3 is 5.32 Å². The Bertz CT molecular complexity index is 779. The van der Waals surface area contributed by atoms with Crippen molar-refractivity contribution in [2.24, 2.45) is 0 Å². The summed E-state index contributed by atoms with van der Waals surface area (Å²) in [5.74, 6) is 0.392. The fourth-order valence-electron chi connectivity index (χ4n) is 3.02. The summed E-state index contributed by atoms with van der Waals surface area (Å²) in [4.78, 5) is 4.36. The van der Waals surface area contributed by atoms with E-state index < -0.39 is 10.0 Å². The fourth-order valence-corrected chi connectivity index (χ4v) is 5.13. The lowest BCUT2D eigenvalue weighted by Crippen LogP contribution is -2.43. The number of fused-ring (bicyclic) bond motifs is 1. The number of rotatable bonds is 3. The summed E-state index contributed by atoms with van der Waals surface area (Å²) in [6, 6.07) is 5.45. The molecule has 0 aliphatic carbocycles. The Morgan fingerprint density at radius 1 is 1.33 bits per heavy atom. The number of nitrogens with one attached hydrogen (secondary N) is 1. The zero-order valence-electron chi connectivity index (χ0n) is 12.5. The second-order valence-corrected chi connectivity index (χ2v) is 7.72. The first-order chi connectivity index (χ1) is 9.88. The zero-order chi connectivity index (χ0) is 15.3. The van der Waals surface area contributed by atoms with Gasteiger partial charge in [0.25, 0.3) is 10.0 Å². The van der Waals surface area contributed by atoms with E-state index in [4.69, 9.17) is 0 Å². The standard InChI is InChI=1S/C14H20N4O2S/c1-14(2)8-6-10-18(14)21(19,20)13-12(15-3)16-11-7-4-5-9-17(11)13/h4-5,7,9,15H,6,8,10H2,1-3H3. The normalized spacial score (nSPS) is 19.2. The Kier molecular flexibility index (Phi) is 3.22. The van der Waals surface area contributed by atoms with E-state index in [1.165, 1.54) is 0 Å². The Hall–Kier alpha value is -1.60. The Balaban J connectivity index is 2.24. The maximum absolute atomic E-state index is 13.1. The van der Waals surface area contributed by atoms with Crippen molar-refractivity contribution in [2.75, 3.05) is 18.9 Å². The van der Waals surface area contributed by atoms with Crippen LogP contribution in [0.3, 0.4) is 0 Å². The van der Waals surface area contributed by atoms with E-state index in [9.17, 15) is 8.42 Å². The smallest absolute Gasteiger partial charge is 0.263 e. The third kappa shape index (κ3) is 2.11. The second-order valence-electron chi connectivity index (χ2n) is 5.94. The van der Waals surface area contributed by atoms with Gasteiger partial charge in [-0.15, -0.1) is 0 Å². The Morgan fingerprint density at radius 3 is 2.71 bits per heavy atom. The van der Waals surface area contributed by atoms with Gasteiger partial charge in [-0.05, 0) is 38.8 Å². The number of imidazole rings is 1. The molecule has 7 heteroatoms. The molecule has 3 rings (SSSR count). The molecule has 0 aromatic carbocycles. The van der Waals surface area contributed by atoms with Crippen LogP contribution in [-0.2, 0) is 10.0 Å². The molecule has 0 amide bonds. The SMILES string of the molecule is CNc1nc2ccccn2c1S(=O)(=O)N1CCCC1(C)C. The molecule has 1 N–H and O–H groups in total. The molecule has 0 radical (unpaired) electrons. The number of hydrogen-bond donors (Lipinski definition) is 1. The van der Waals surface area contributed by atoms with Crippen LogP contribution >= 0.6 is 0 Å². The molecule has 2 aromatic heterocycles. The van der Waals surface area contributed by atoms with Crippen LogP contribution in [0.2, 0.25) is 0 Å². The molecule has 1 aliphatic rings. The van der Waals surface area contributed by atoms with Crippen molar-refractivity contribution in [3.05, 3.63) is 24.4 Å². The van der Waals surface area contributed by atoms with Crippen molar-refractivity contribution in [2.45, 2.75) is 37.3 Å².